The molecule has 1 aromatic carbocycles. The minimum atomic E-state index is -5.08. The maximum absolute atomic E-state index is 13.3. The van der Waals surface area contributed by atoms with Crippen LogP contribution in [0.15, 0.2) is 54.7 Å². The first-order valence-electron chi connectivity index (χ1n) is 17.3. The maximum Gasteiger partial charge on any atom is 0.490 e. The number of aromatic nitrogens is 5. The second-order valence-electron chi connectivity index (χ2n) is 12.9. The number of pyridine rings is 2. The van der Waals surface area contributed by atoms with Gasteiger partial charge in [-0.1, -0.05) is 37.3 Å². The average Bonchev–Trinajstić information content (AvgIpc) is 3.83. The second kappa shape index (κ2) is 17.2. The molecule has 12 nitrogen and oxygen atoms in total. The van der Waals surface area contributed by atoms with Gasteiger partial charge in [-0.15, -0.1) is 0 Å². The molecule has 0 bridgehead atoms. The molecular weight excluding hydrogens is 691 g/mol. The van der Waals surface area contributed by atoms with Crippen LogP contribution in [0.4, 0.5) is 19.0 Å². The minimum absolute atomic E-state index is 0.00952. The van der Waals surface area contributed by atoms with E-state index in [-0.39, 0.29) is 11.6 Å². The van der Waals surface area contributed by atoms with E-state index in [1.807, 2.05) is 42.1 Å². The van der Waals surface area contributed by atoms with Crippen molar-refractivity contribution in [1.82, 2.24) is 29.6 Å². The number of carbonyl (C=O) groups excluding carboxylic acids is 1. The number of rotatable bonds is 11. The van der Waals surface area contributed by atoms with Gasteiger partial charge < -0.3 is 20.5 Å². The van der Waals surface area contributed by atoms with Crippen LogP contribution < -0.4 is 5.32 Å². The lowest BCUT2D eigenvalue weighted by Gasteiger charge is -2.17. The first kappa shape index (κ1) is 38.5. The van der Waals surface area contributed by atoms with Crippen LogP contribution in [0, 0.1) is 18.8 Å². The third kappa shape index (κ3) is 10.2. The first-order chi connectivity index (χ1) is 25.3. The quantitative estimate of drug-likeness (QED) is 0.0802. The summed E-state index contributed by atoms with van der Waals surface area (Å²) in [5, 5.41) is 26.0. The summed E-state index contributed by atoms with van der Waals surface area (Å²) in [7, 11) is 2.16. The Bertz CT molecular complexity index is 2170. The molecule has 1 saturated heterocycles. The molecule has 278 valence electrons. The topological polar surface area (TPSA) is 166 Å². The number of carbonyl (C=O) groups is 3. The third-order valence-electron chi connectivity index (χ3n) is 8.94. The van der Waals surface area contributed by atoms with Gasteiger partial charge in [0.2, 0.25) is 0 Å². The van der Waals surface area contributed by atoms with Crippen molar-refractivity contribution in [3.63, 3.8) is 0 Å². The number of likely N-dealkylation sites (tertiary alicyclic amines) is 1. The number of fused-ring (bicyclic) bond motifs is 2. The highest BCUT2D eigenvalue weighted by molar-refractivity contribution is 6.06. The zero-order valence-corrected chi connectivity index (χ0v) is 29.3. The second-order valence-corrected chi connectivity index (χ2v) is 12.9. The van der Waals surface area contributed by atoms with Crippen molar-refractivity contribution >= 4 is 45.5 Å². The van der Waals surface area contributed by atoms with Crippen LogP contribution in [-0.4, -0.2) is 77.5 Å². The van der Waals surface area contributed by atoms with Crippen LogP contribution in [-0.2, 0) is 11.3 Å². The van der Waals surface area contributed by atoms with Gasteiger partial charge in [-0.25, -0.2) is 19.6 Å². The fourth-order valence-corrected chi connectivity index (χ4v) is 6.22. The van der Waals surface area contributed by atoms with Crippen molar-refractivity contribution < 1.29 is 37.8 Å². The van der Waals surface area contributed by atoms with E-state index < -0.39 is 18.1 Å². The smallest absolute Gasteiger partial charge is 0.477 e. The van der Waals surface area contributed by atoms with Gasteiger partial charge in [-0.05, 0) is 82.5 Å². The molecule has 1 atom stereocenters. The number of halogens is 3. The van der Waals surface area contributed by atoms with E-state index in [2.05, 4.69) is 50.1 Å². The van der Waals surface area contributed by atoms with Crippen molar-refractivity contribution in [2.24, 2.45) is 0 Å². The van der Waals surface area contributed by atoms with Gasteiger partial charge in [-0.3, -0.25) is 14.4 Å². The summed E-state index contributed by atoms with van der Waals surface area (Å²) in [6, 6.07) is 15.1. The van der Waals surface area contributed by atoms with Crippen molar-refractivity contribution in [3.8, 4) is 11.8 Å². The predicted molar refractivity (Wildman–Crippen MR) is 193 cm³/mol. The van der Waals surface area contributed by atoms with Crippen LogP contribution in [0.25, 0.3) is 21.8 Å². The van der Waals surface area contributed by atoms with Gasteiger partial charge in [0.05, 0.1) is 16.7 Å². The lowest BCUT2D eigenvalue weighted by atomic mass is 10.1. The average molecular weight is 732 g/mol. The number of hydrogen-bond acceptors (Lipinski definition) is 7. The van der Waals surface area contributed by atoms with E-state index in [1.165, 1.54) is 18.2 Å². The number of unbranched alkanes of at least 4 members (excludes halogenated alkanes) is 5. The molecule has 6 rings (SSSR count). The largest absolute Gasteiger partial charge is 0.490 e. The monoisotopic (exact) mass is 731 g/mol. The molecule has 5 heterocycles. The standard InChI is InChI=1S/C36H39N7O3.C2HF3O2/c1-24-28-17-16-25(35(44)40-34-22-30-26(23-37-34)20-31(39-30)32-15-11-18-42(32)2)21-33(28)43(41-24)19-9-7-5-3-4-6-8-12-27-13-10-14-29(38-27)36(45)46;3-2(4,5)1(6)7/h10,13-14,16-17,20-23,32,39H,3-7,9,11,15,18-19H2,1-2H3,(H,45,46)(H,37,40,44);(H,6,7)/t32-;/m1./s1. The van der Waals surface area contributed by atoms with Crippen molar-refractivity contribution in [1.29, 1.82) is 0 Å². The number of nitrogens with zero attached hydrogens (tertiary/aromatic N) is 5. The van der Waals surface area contributed by atoms with Crippen LogP contribution in [0.1, 0.15) is 95.3 Å². The Morgan fingerprint density at radius 3 is 2.51 bits per heavy atom. The molecule has 1 fully saturated rings. The number of alkyl halides is 3. The molecular formula is C38H40F3N7O5. The Morgan fingerprint density at radius 1 is 1.04 bits per heavy atom. The summed E-state index contributed by atoms with van der Waals surface area (Å²) >= 11 is 0. The van der Waals surface area contributed by atoms with Crippen molar-refractivity contribution in [2.45, 2.75) is 77.1 Å². The van der Waals surface area contributed by atoms with Gasteiger partial charge in [-0.2, -0.15) is 18.3 Å². The molecule has 1 amide bonds. The highest BCUT2D eigenvalue weighted by Crippen LogP contribution is 2.32. The normalized spacial score (nSPS) is 14.4. The summed E-state index contributed by atoms with van der Waals surface area (Å²) in [6.45, 7) is 3.89. The first-order valence-corrected chi connectivity index (χ1v) is 17.3. The van der Waals surface area contributed by atoms with E-state index in [0.717, 1.165) is 85.5 Å². The fraction of sp³-hybridized carbons (Fsp3) is 0.368. The molecule has 1 aliphatic rings. The fourth-order valence-electron chi connectivity index (χ4n) is 6.22. The van der Waals surface area contributed by atoms with Crippen LogP contribution >= 0.6 is 0 Å². The van der Waals surface area contributed by atoms with E-state index in [1.54, 1.807) is 12.1 Å². The van der Waals surface area contributed by atoms with Gasteiger partial charge in [0.25, 0.3) is 5.91 Å². The summed E-state index contributed by atoms with van der Waals surface area (Å²) < 4.78 is 33.7. The van der Waals surface area contributed by atoms with Crippen LogP contribution in [0.5, 0.6) is 0 Å². The summed E-state index contributed by atoms with van der Waals surface area (Å²) in [6.07, 6.45) is 5.03. The lowest BCUT2D eigenvalue weighted by molar-refractivity contribution is -0.192. The number of hydrogen-bond donors (Lipinski definition) is 4. The van der Waals surface area contributed by atoms with Crippen molar-refractivity contribution in [2.75, 3.05) is 18.9 Å². The molecule has 0 aliphatic carbocycles. The van der Waals surface area contributed by atoms with Gasteiger partial charge in [0, 0.05) is 53.3 Å². The van der Waals surface area contributed by atoms with Gasteiger partial charge >= 0.3 is 18.1 Å². The summed E-state index contributed by atoms with van der Waals surface area (Å²) in [4.78, 5) is 47.7. The molecule has 0 saturated carbocycles. The van der Waals surface area contributed by atoms with Crippen molar-refractivity contribution in [3.05, 3.63) is 83.1 Å². The zero-order valence-electron chi connectivity index (χ0n) is 29.3. The Balaban J connectivity index is 0.000000705. The Labute approximate surface area is 303 Å². The number of aryl methyl sites for hydroxylation is 2. The molecule has 0 spiro atoms. The Morgan fingerprint density at radius 2 is 1.79 bits per heavy atom. The lowest BCUT2D eigenvalue weighted by Crippen LogP contribution is -2.21. The number of benzene rings is 1. The molecule has 5 aromatic rings. The summed E-state index contributed by atoms with van der Waals surface area (Å²) in [5.41, 5.74) is 5.14. The van der Waals surface area contributed by atoms with E-state index in [0.29, 0.717) is 23.1 Å². The number of aliphatic carboxylic acids is 1. The number of carboxylic acid groups (broad SMARTS) is 2. The van der Waals surface area contributed by atoms with Gasteiger partial charge in [0.1, 0.15) is 17.2 Å². The number of anilines is 1. The molecule has 53 heavy (non-hydrogen) atoms. The molecule has 1 aliphatic heterocycles. The number of amides is 1. The molecule has 4 aromatic heterocycles. The number of nitrogens with one attached hydrogen (secondary N) is 2. The minimum Gasteiger partial charge on any atom is -0.477 e. The maximum atomic E-state index is 13.3. The predicted octanol–water partition coefficient (Wildman–Crippen LogP) is 7.36. The van der Waals surface area contributed by atoms with Gasteiger partial charge in [0.15, 0.2) is 0 Å². The zero-order chi connectivity index (χ0) is 38.1. The number of H-pyrrole nitrogens is 1. The Kier molecular flexibility index (Phi) is 12.5. The third-order valence-corrected chi connectivity index (χ3v) is 8.94. The molecule has 15 heteroatoms. The highest BCUT2D eigenvalue weighted by atomic mass is 19.4. The van der Waals surface area contributed by atoms with E-state index >= 15 is 0 Å². The van der Waals surface area contributed by atoms with E-state index in [4.69, 9.17) is 20.1 Å². The molecule has 4 N–H and O–H groups in total. The summed E-state index contributed by atoms with van der Waals surface area (Å²) in [5.74, 6) is 2.57. The SMILES string of the molecule is Cc1nn(CCCCCCCC#Cc2cccc(C(=O)O)n2)c2cc(C(=O)Nc3cc4[nH]c([C@H]5CCCN5C)cc4cn3)ccc12.O=C(O)C(F)(F)F. The Hall–Kier alpha value is -5.75. The molecule has 0 radical (unpaired) electrons. The van der Waals surface area contributed by atoms with Crippen LogP contribution in [0.2, 0.25) is 0 Å². The van der Waals surface area contributed by atoms with E-state index in [9.17, 15) is 22.8 Å². The number of carboxylic acids is 2. The highest BCUT2D eigenvalue weighted by Gasteiger charge is 2.38. The number of aromatic carboxylic acids is 1. The molecule has 0 unspecified atom stereocenters. The number of aromatic amines is 1. The van der Waals surface area contributed by atoms with Crippen LogP contribution in [0.3, 0.4) is 0 Å².